The zero-order chi connectivity index (χ0) is 13.4. The molecule has 0 aliphatic carbocycles. The number of hydrogen-bond acceptors (Lipinski definition) is 4. The first-order valence-electron chi connectivity index (χ1n) is 7.20. The summed E-state index contributed by atoms with van der Waals surface area (Å²) in [4.78, 5) is 5.09. The minimum absolute atomic E-state index is 0.232. The third kappa shape index (κ3) is 7.31. The minimum Gasteiger partial charge on any atom is -0.383 e. The van der Waals surface area contributed by atoms with Crippen LogP contribution >= 0.6 is 0 Å². The Morgan fingerprint density at radius 1 is 1.00 bits per heavy atom. The Kier molecular flexibility index (Phi) is 7.15. The van der Waals surface area contributed by atoms with Crippen LogP contribution in [-0.2, 0) is 4.74 Å². The van der Waals surface area contributed by atoms with Gasteiger partial charge >= 0.3 is 0 Å². The lowest BCUT2D eigenvalue weighted by atomic mass is 10.1. The summed E-state index contributed by atoms with van der Waals surface area (Å²) in [5.41, 5.74) is 0.232. The monoisotopic (exact) mass is 257 g/mol. The largest absolute Gasteiger partial charge is 0.383 e. The van der Waals surface area contributed by atoms with E-state index in [0.717, 1.165) is 26.2 Å². The van der Waals surface area contributed by atoms with Crippen molar-refractivity contribution in [2.45, 2.75) is 32.7 Å². The number of nitrogens with zero attached hydrogens (tertiary/aromatic N) is 2. The SMILES string of the molecule is COCCN1CCCN(CCNC(C)(C)C)CC1. The number of ether oxygens (including phenoxy) is 1. The number of rotatable bonds is 6. The molecule has 1 heterocycles. The Labute approximate surface area is 113 Å². The molecule has 4 nitrogen and oxygen atoms in total. The van der Waals surface area contributed by atoms with Gasteiger partial charge in [0.15, 0.2) is 0 Å². The highest BCUT2D eigenvalue weighted by atomic mass is 16.5. The fourth-order valence-electron chi connectivity index (χ4n) is 2.28. The summed E-state index contributed by atoms with van der Waals surface area (Å²) >= 11 is 0. The lowest BCUT2D eigenvalue weighted by Crippen LogP contribution is -2.42. The first kappa shape index (κ1) is 15.9. The first-order valence-corrected chi connectivity index (χ1v) is 7.20. The summed E-state index contributed by atoms with van der Waals surface area (Å²) in [7, 11) is 1.78. The number of hydrogen-bond donors (Lipinski definition) is 1. The fraction of sp³-hybridized carbons (Fsp3) is 1.00. The third-order valence-electron chi connectivity index (χ3n) is 3.38. The van der Waals surface area contributed by atoms with Crippen molar-refractivity contribution >= 4 is 0 Å². The molecule has 0 atom stereocenters. The summed E-state index contributed by atoms with van der Waals surface area (Å²) in [5, 5.41) is 3.56. The van der Waals surface area contributed by atoms with Gasteiger partial charge < -0.3 is 15.0 Å². The lowest BCUT2D eigenvalue weighted by Gasteiger charge is -2.25. The van der Waals surface area contributed by atoms with Gasteiger partial charge in [0.05, 0.1) is 6.61 Å². The fourth-order valence-corrected chi connectivity index (χ4v) is 2.28. The molecule has 1 N–H and O–H groups in total. The minimum atomic E-state index is 0.232. The Bertz CT molecular complexity index is 216. The van der Waals surface area contributed by atoms with E-state index in [9.17, 15) is 0 Å². The van der Waals surface area contributed by atoms with Crippen LogP contribution in [0.15, 0.2) is 0 Å². The molecule has 0 saturated carbocycles. The van der Waals surface area contributed by atoms with Gasteiger partial charge in [-0.05, 0) is 40.3 Å². The van der Waals surface area contributed by atoms with Crippen LogP contribution in [-0.4, -0.2) is 74.9 Å². The maximum absolute atomic E-state index is 5.15. The molecule has 1 rings (SSSR count). The highest BCUT2D eigenvalue weighted by Crippen LogP contribution is 2.03. The summed E-state index contributed by atoms with van der Waals surface area (Å²) in [6.07, 6.45) is 1.28. The van der Waals surface area contributed by atoms with Crippen molar-refractivity contribution in [2.75, 3.05) is 59.5 Å². The molecule has 0 amide bonds. The molecule has 0 unspecified atom stereocenters. The Balaban J connectivity index is 2.17. The zero-order valence-corrected chi connectivity index (χ0v) is 12.7. The van der Waals surface area contributed by atoms with Gasteiger partial charge in [0.1, 0.15) is 0 Å². The molecule has 0 radical (unpaired) electrons. The number of nitrogens with one attached hydrogen (secondary N) is 1. The van der Waals surface area contributed by atoms with Crippen molar-refractivity contribution < 1.29 is 4.74 Å². The maximum atomic E-state index is 5.15. The van der Waals surface area contributed by atoms with Gasteiger partial charge in [0.2, 0.25) is 0 Å². The second kappa shape index (κ2) is 8.10. The quantitative estimate of drug-likeness (QED) is 0.769. The van der Waals surface area contributed by atoms with Crippen LogP contribution in [0.5, 0.6) is 0 Å². The van der Waals surface area contributed by atoms with Crippen molar-refractivity contribution in [1.29, 1.82) is 0 Å². The molecule has 1 saturated heterocycles. The van der Waals surface area contributed by atoms with E-state index < -0.39 is 0 Å². The molecule has 1 aliphatic rings. The van der Waals surface area contributed by atoms with E-state index in [2.05, 4.69) is 35.9 Å². The predicted molar refractivity (Wildman–Crippen MR) is 77.1 cm³/mol. The van der Waals surface area contributed by atoms with Crippen LogP contribution in [0.25, 0.3) is 0 Å². The van der Waals surface area contributed by atoms with Gasteiger partial charge in [-0.1, -0.05) is 0 Å². The normalized spacial score (nSPS) is 20.0. The van der Waals surface area contributed by atoms with Gasteiger partial charge in [-0.25, -0.2) is 0 Å². The summed E-state index contributed by atoms with van der Waals surface area (Å²) in [5.74, 6) is 0. The summed E-state index contributed by atoms with van der Waals surface area (Å²) in [6, 6.07) is 0. The van der Waals surface area contributed by atoms with E-state index in [1.807, 2.05) is 0 Å². The Hall–Kier alpha value is -0.160. The third-order valence-corrected chi connectivity index (χ3v) is 3.38. The molecule has 0 spiro atoms. The van der Waals surface area contributed by atoms with Crippen LogP contribution in [0, 0.1) is 0 Å². The lowest BCUT2D eigenvalue weighted by molar-refractivity contribution is 0.149. The zero-order valence-electron chi connectivity index (χ0n) is 12.7. The smallest absolute Gasteiger partial charge is 0.0589 e. The molecular weight excluding hydrogens is 226 g/mol. The molecule has 0 bridgehead atoms. The van der Waals surface area contributed by atoms with E-state index in [-0.39, 0.29) is 5.54 Å². The average Bonchev–Trinajstić information content (AvgIpc) is 2.50. The summed E-state index contributed by atoms with van der Waals surface area (Å²) in [6.45, 7) is 15.7. The van der Waals surface area contributed by atoms with Crippen LogP contribution in [0.4, 0.5) is 0 Å². The van der Waals surface area contributed by atoms with Crippen molar-refractivity contribution in [3.8, 4) is 0 Å². The van der Waals surface area contributed by atoms with Crippen molar-refractivity contribution in [2.24, 2.45) is 0 Å². The Morgan fingerprint density at radius 2 is 1.61 bits per heavy atom. The van der Waals surface area contributed by atoms with Crippen LogP contribution in [0.3, 0.4) is 0 Å². The second-order valence-corrected chi connectivity index (χ2v) is 6.21. The van der Waals surface area contributed by atoms with Gasteiger partial charge in [-0.3, -0.25) is 4.90 Å². The molecule has 108 valence electrons. The molecule has 4 heteroatoms. The van der Waals surface area contributed by atoms with Crippen LogP contribution in [0.2, 0.25) is 0 Å². The van der Waals surface area contributed by atoms with Crippen molar-refractivity contribution in [3.05, 3.63) is 0 Å². The molecule has 1 aliphatic heterocycles. The van der Waals surface area contributed by atoms with Crippen LogP contribution in [0.1, 0.15) is 27.2 Å². The van der Waals surface area contributed by atoms with Crippen molar-refractivity contribution in [3.63, 3.8) is 0 Å². The van der Waals surface area contributed by atoms with Gasteiger partial charge in [-0.15, -0.1) is 0 Å². The molecular formula is C14H31N3O. The highest BCUT2D eigenvalue weighted by molar-refractivity contribution is 4.74. The highest BCUT2D eigenvalue weighted by Gasteiger charge is 2.15. The summed E-state index contributed by atoms with van der Waals surface area (Å²) < 4.78 is 5.15. The van der Waals surface area contributed by atoms with Gasteiger partial charge in [-0.2, -0.15) is 0 Å². The molecule has 18 heavy (non-hydrogen) atoms. The molecule has 0 aromatic heterocycles. The van der Waals surface area contributed by atoms with E-state index in [1.54, 1.807) is 7.11 Å². The van der Waals surface area contributed by atoms with E-state index in [1.165, 1.54) is 32.6 Å². The van der Waals surface area contributed by atoms with E-state index in [4.69, 9.17) is 4.74 Å². The maximum Gasteiger partial charge on any atom is 0.0589 e. The predicted octanol–water partition coefficient (Wildman–Crippen LogP) is 1.03. The molecule has 0 aromatic carbocycles. The van der Waals surface area contributed by atoms with Crippen molar-refractivity contribution in [1.82, 2.24) is 15.1 Å². The van der Waals surface area contributed by atoms with E-state index in [0.29, 0.717) is 0 Å². The second-order valence-electron chi connectivity index (χ2n) is 6.21. The van der Waals surface area contributed by atoms with Gasteiger partial charge in [0.25, 0.3) is 0 Å². The molecule has 1 fully saturated rings. The van der Waals surface area contributed by atoms with Crippen LogP contribution < -0.4 is 5.32 Å². The number of methoxy groups -OCH3 is 1. The van der Waals surface area contributed by atoms with Gasteiger partial charge in [0, 0.05) is 45.4 Å². The standard InChI is InChI=1S/C14H31N3O/c1-14(2,3)15-6-9-16-7-5-8-17(11-10-16)12-13-18-4/h15H,5-13H2,1-4H3. The average molecular weight is 257 g/mol. The Morgan fingerprint density at radius 3 is 2.17 bits per heavy atom. The first-order chi connectivity index (χ1) is 8.51. The van der Waals surface area contributed by atoms with E-state index >= 15 is 0 Å². The molecule has 0 aromatic rings. The topological polar surface area (TPSA) is 27.7 Å².